The number of amidine groups is 1. The minimum absolute atomic E-state index is 0.149. The maximum Gasteiger partial charge on any atom is 0.336 e. The molecule has 6 nitrogen and oxygen atoms in total. The Labute approximate surface area is 183 Å². The summed E-state index contributed by atoms with van der Waals surface area (Å²) in [6, 6.07) is 12.9. The highest BCUT2D eigenvalue weighted by Crippen LogP contribution is 2.35. The van der Waals surface area contributed by atoms with Gasteiger partial charge in [-0.25, -0.2) is 9.79 Å². The minimum atomic E-state index is -0.416. The first-order valence-corrected chi connectivity index (χ1v) is 10.7. The molecule has 1 N–H and O–H groups in total. The van der Waals surface area contributed by atoms with Crippen molar-refractivity contribution in [3.8, 4) is 0 Å². The van der Waals surface area contributed by atoms with Crippen LogP contribution in [0.5, 0.6) is 0 Å². The summed E-state index contributed by atoms with van der Waals surface area (Å²) in [5.41, 5.74) is 4.63. The van der Waals surface area contributed by atoms with E-state index in [9.17, 15) is 14.7 Å². The molecule has 0 bridgehead atoms. The lowest BCUT2D eigenvalue weighted by Crippen LogP contribution is -2.31. The molecule has 0 spiro atoms. The van der Waals surface area contributed by atoms with Gasteiger partial charge in [-0.15, -0.1) is 0 Å². The molecule has 2 aromatic carbocycles. The Bertz CT molecular complexity index is 1310. The van der Waals surface area contributed by atoms with Crippen LogP contribution >= 0.6 is 11.8 Å². The normalized spacial score (nSPS) is 16.8. The molecule has 4 rings (SSSR count). The van der Waals surface area contributed by atoms with Crippen molar-refractivity contribution in [1.29, 1.82) is 0 Å². The van der Waals surface area contributed by atoms with Crippen molar-refractivity contribution in [3.05, 3.63) is 80.0 Å². The SMILES string of the molecule is Cc1ccc(/C=C2\SC(=Nc3ccc4c(C)cc(=O)oc4c3)N(CCO)C2=O)c(C)c1. The van der Waals surface area contributed by atoms with Gasteiger partial charge in [-0.2, -0.15) is 0 Å². The molecule has 3 aromatic rings. The summed E-state index contributed by atoms with van der Waals surface area (Å²) in [5, 5.41) is 10.8. The molecule has 1 saturated heterocycles. The fourth-order valence-electron chi connectivity index (χ4n) is 3.51. The van der Waals surface area contributed by atoms with Crippen molar-refractivity contribution in [2.75, 3.05) is 13.2 Å². The minimum Gasteiger partial charge on any atom is -0.423 e. The number of carbonyl (C=O) groups excluding carboxylic acids is 1. The molecule has 0 radical (unpaired) electrons. The Hall–Kier alpha value is -3.16. The highest BCUT2D eigenvalue weighted by Gasteiger charge is 2.33. The zero-order valence-electron chi connectivity index (χ0n) is 17.5. The van der Waals surface area contributed by atoms with E-state index in [4.69, 9.17) is 4.42 Å². The van der Waals surface area contributed by atoms with Gasteiger partial charge < -0.3 is 9.52 Å². The van der Waals surface area contributed by atoms with E-state index in [0.717, 1.165) is 27.6 Å². The summed E-state index contributed by atoms with van der Waals surface area (Å²) in [7, 11) is 0. The number of fused-ring (bicyclic) bond motifs is 1. The third-order valence-electron chi connectivity index (χ3n) is 5.08. The third-order valence-corrected chi connectivity index (χ3v) is 6.09. The molecule has 2 heterocycles. The summed E-state index contributed by atoms with van der Waals surface area (Å²) in [4.78, 5) is 31.3. The van der Waals surface area contributed by atoms with E-state index in [1.807, 2.05) is 51.1 Å². The van der Waals surface area contributed by atoms with Crippen LogP contribution in [0.15, 0.2) is 61.6 Å². The van der Waals surface area contributed by atoms with E-state index in [1.54, 1.807) is 6.07 Å². The number of nitrogens with zero attached hydrogens (tertiary/aromatic N) is 2. The zero-order valence-corrected chi connectivity index (χ0v) is 18.3. The van der Waals surface area contributed by atoms with E-state index in [0.29, 0.717) is 21.3 Å². The molecule has 0 atom stereocenters. The predicted octanol–water partition coefficient (Wildman–Crippen LogP) is 4.31. The number of aliphatic imine (C=N–C) groups is 1. The lowest BCUT2D eigenvalue weighted by atomic mass is 10.1. The van der Waals surface area contributed by atoms with Crippen molar-refractivity contribution in [2.45, 2.75) is 20.8 Å². The van der Waals surface area contributed by atoms with E-state index >= 15 is 0 Å². The quantitative estimate of drug-likeness (QED) is 0.489. The third kappa shape index (κ3) is 4.33. The van der Waals surface area contributed by atoms with Crippen molar-refractivity contribution in [3.63, 3.8) is 0 Å². The van der Waals surface area contributed by atoms with Gasteiger partial charge in [0, 0.05) is 17.5 Å². The molecule has 158 valence electrons. The lowest BCUT2D eigenvalue weighted by molar-refractivity contribution is -0.122. The van der Waals surface area contributed by atoms with Gasteiger partial charge in [0.2, 0.25) is 0 Å². The van der Waals surface area contributed by atoms with Crippen LogP contribution in [0.2, 0.25) is 0 Å². The summed E-state index contributed by atoms with van der Waals surface area (Å²) < 4.78 is 5.30. The van der Waals surface area contributed by atoms with Gasteiger partial charge in [0.05, 0.1) is 23.7 Å². The van der Waals surface area contributed by atoms with Crippen LogP contribution < -0.4 is 5.63 Å². The second-order valence-electron chi connectivity index (χ2n) is 7.47. The molecule has 0 aliphatic carbocycles. The number of amides is 1. The molecule has 1 aliphatic rings. The van der Waals surface area contributed by atoms with Gasteiger partial charge in [-0.3, -0.25) is 9.69 Å². The average Bonchev–Trinajstić information content (AvgIpc) is 2.99. The van der Waals surface area contributed by atoms with Gasteiger partial charge in [0.1, 0.15) is 5.58 Å². The molecule has 1 aliphatic heterocycles. The van der Waals surface area contributed by atoms with Crippen LogP contribution in [0.4, 0.5) is 5.69 Å². The molecule has 31 heavy (non-hydrogen) atoms. The summed E-state index contributed by atoms with van der Waals surface area (Å²) >= 11 is 1.27. The Kier molecular flexibility index (Phi) is 5.80. The van der Waals surface area contributed by atoms with Crippen molar-refractivity contribution >= 4 is 45.6 Å². The number of hydrogen-bond acceptors (Lipinski definition) is 6. The van der Waals surface area contributed by atoms with E-state index < -0.39 is 5.63 Å². The largest absolute Gasteiger partial charge is 0.423 e. The van der Waals surface area contributed by atoms with Gasteiger partial charge >= 0.3 is 5.63 Å². The first-order chi connectivity index (χ1) is 14.9. The van der Waals surface area contributed by atoms with E-state index in [-0.39, 0.29) is 19.1 Å². The first-order valence-electron chi connectivity index (χ1n) is 9.88. The van der Waals surface area contributed by atoms with Gasteiger partial charge in [0.25, 0.3) is 5.91 Å². The molecule has 7 heteroatoms. The predicted molar refractivity (Wildman–Crippen MR) is 125 cm³/mol. The maximum absolute atomic E-state index is 13.0. The average molecular weight is 435 g/mol. The number of β-amino-alcohol motifs (C(OH)–C–C–N with tert-alkyl or cyclic N) is 1. The fourth-order valence-corrected chi connectivity index (χ4v) is 4.53. The van der Waals surface area contributed by atoms with Gasteiger partial charge in [0.15, 0.2) is 5.17 Å². The number of aliphatic hydroxyl groups excluding tert-OH is 1. The topological polar surface area (TPSA) is 83.1 Å². The second kappa shape index (κ2) is 8.53. The molecule has 1 fully saturated rings. The number of aliphatic hydroxyl groups is 1. The van der Waals surface area contributed by atoms with Gasteiger partial charge in [-0.1, -0.05) is 23.8 Å². The number of hydrogen-bond donors (Lipinski definition) is 1. The standard InChI is InChI=1S/C24H22N2O4S/c1-14-4-5-17(15(2)10-14)12-21-23(29)26(8-9-27)24(31-21)25-18-6-7-19-16(3)11-22(28)30-20(19)13-18/h4-7,10-13,27H,8-9H2,1-3H3/b21-12-,25-24?. The van der Waals surface area contributed by atoms with Crippen molar-refractivity contribution < 1.29 is 14.3 Å². The Balaban J connectivity index is 1.73. The van der Waals surface area contributed by atoms with Crippen molar-refractivity contribution in [1.82, 2.24) is 4.90 Å². The van der Waals surface area contributed by atoms with Crippen LogP contribution in [0, 0.1) is 20.8 Å². The highest BCUT2D eigenvalue weighted by atomic mass is 32.2. The van der Waals surface area contributed by atoms with Crippen LogP contribution in [0.25, 0.3) is 17.0 Å². The number of thioether (sulfide) groups is 1. The number of aryl methyl sites for hydroxylation is 3. The van der Waals surface area contributed by atoms with Crippen molar-refractivity contribution in [2.24, 2.45) is 4.99 Å². The van der Waals surface area contributed by atoms with Crippen LogP contribution in [0.1, 0.15) is 22.3 Å². The number of carbonyl (C=O) groups is 1. The van der Waals surface area contributed by atoms with Crippen LogP contribution in [-0.2, 0) is 4.79 Å². The molecule has 1 amide bonds. The monoisotopic (exact) mass is 434 g/mol. The summed E-state index contributed by atoms with van der Waals surface area (Å²) in [6.07, 6.45) is 1.86. The van der Waals surface area contributed by atoms with E-state index in [2.05, 4.69) is 11.1 Å². The lowest BCUT2D eigenvalue weighted by Gasteiger charge is -2.13. The Morgan fingerprint density at radius 2 is 1.87 bits per heavy atom. The Morgan fingerprint density at radius 3 is 2.61 bits per heavy atom. The molecular formula is C24H22N2O4S. The maximum atomic E-state index is 13.0. The number of rotatable bonds is 4. The molecule has 1 aromatic heterocycles. The summed E-state index contributed by atoms with van der Waals surface area (Å²) in [6.45, 7) is 5.86. The first kappa shape index (κ1) is 21.1. The van der Waals surface area contributed by atoms with Crippen LogP contribution in [-0.4, -0.2) is 34.2 Å². The number of benzene rings is 2. The van der Waals surface area contributed by atoms with Gasteiger partial charge in [-0.05, 0) is 67.4 Å². The second-order valence-corrected chi connectivity index (χ2v) is 8.48. The molecule has 0 saturated carbocycles. The Morgan fingerprint density at radius 1 is 1.06 bits per heavy atom. The van der Waals surface area contributed by atoms with Crippen LogP contribution in [0.3, 0.4) is 0 Å². The molecular weight excluding hydrogens is 412 g/mol. The highest BCUT2D eigenvalue weighted by molar-refractivity contribution is 8.18. The smallest absolute Gasteiger partial charge is 0.336 e. The molecule has 0 unspecified atom stereocenters. The summed E-state index contributed by atoms with van der Waals surface area (Å²) in [5.74, 6) is -0.194. The zero-order chi connectivity index (χ0) is 22.1. The fraction of sp³-hybridized carbons (Fsp3) is 0.208. The van der Waals surface area contributed by atoms with E-state index in [1.165, 1.54) is 22.7 Å².